The van der Waals surface area contributed by atoms with Crippen LogP contribution >= 0.6 is 11.6 Å². The van der Waals surface area contributed by atoms with Gasteiger partial charge in [0.2, 0.25) is 15.9 Å². The minimum atomic E-state index is -3.83. The second-order valence-electron chi connectivity index (χ2n) is 8.13. The van der Waals surface area contributed by atoms with Crippen molar-refractivity contribution in [2.75, 3.05) is 27.1 Å². The summed E-state index contributed by atoms with van der Waals surface area (Å²) in [5.41, 5.74) is 3.60. The number of hydrogen-bond donors (Lipinski definition) is 2. The van der Waals surface area contributed by atoms with E-state index in [1.54, 1.807) is 37.3 Å². The molecule has 1 amide bonds. The fourth-order valence-electron chi connectivity index (χ4n) is 3.31. The molecule has 0 spiro atoms. The molecule has 8 nitrogen and oxygen atoms in total. The van der Waals surface area contributed by atoms with Gasteiger partial charge in [-0.1, -0.05) is 23.7 Å². The van der Waals surface area contributed by atoms with E-state index in [0.717, 1.165) is 21.7 Å². The zero-order chi connectivity index (χ0) is 26.0. The van der Waals surface area contributed by atoms with E-state index in [-0.39, 0.29) is 4.90 Å². The van der Waals surface area contributed by atoms with Crippen LogP contribution in [-0.2, 0) is 24.8 Å². The van der Waals surface area contributed by atoms with E-state index in [1.807, 2.05) is 19.9 Å². The lowest BCUT2D eigenvalue weighted by Crippen LogP contribution is -2.37. The molecule has 3 aromatic rings. The molecule has 0 aromatic heterocycles. The Labute approximate surface area is 211 Å². The lowest BCUT2D eigenvalue weighted by Gasteiger charge is -2.24. The van der Waals surface area contributed by atoms with Crippen LogP contribution in [0.2, 0.25) is 5.02 Å². The highest BCUT2D eigenvalue weighted by atomic mass is 35.5. The molecule has 2 N–H and O–H groups in total. The van der Waals surface area contributed by atoms with Crippen LogP contribution in [0.1, 0.15) is 16.7 Å². The number of nitrogens with one attached hydrogen (secondary N) is 2. The Kier molecular flexibility index (Phi) is 7.78. The summed E-state index contributed by atoms with van der Waals surface area (Å²) >= 11 is 6.12. The molecule has 0 radical (unpaired) electrons. The third kappa shape index (κ3) is 6.53. The number of nitrogens with zero attached hydrogens (tertiary/aromatic N) is 1. The first-order valence-corrected chi connectivity index (χ1v) is 14.2. The number of carbonyl (C=O) groups excluding carboxylic acids is 1. The molecule has 0 saturated heterocycles. The standard InChI is InChI=1S/C24H26ClN3O5S2/c1-16-8-9-20(14-17(16)2)27-35(32,33)21-12-10-19(11-13-21)26-24(29)15-28(34(4,30)31)23-7-5-6-22(25)18(23)3/h5-14,27H,15H2,1-4H3,(H,26,29). The van der Waals surface area contributed by atoms with E-state index in [1.165, 1.54) is 24.3 Å². The highest BCUT2D eigenvalue weighted by molar-refractivity contribution is 7.92. The topological polar surface area (TPSA) is 113 Å². The van der Waals surface area contributed by atoms with Crippen LogP contribution in [0.3, 0.4) is 0 Å². The zero-order valence-electron chi connectivity index (χ0n) is 19.7. The molecule has 0 aliphatic heterocycles. The van der Waals surface area contributed by atoms with Gasteiger partial charge in [-0.25, -0.2) is 16.8 Å². The average molecular weight is 536 g/mol. The van der Waals surface area contributed by atoms with Gasteiger partial charge < -0.3 is 5.32 Å². The summed E-state index contributed by atoms with van der Waals surface area (Å²) in [4.78, 5) is 12.7. The van der Waals surface area contributed by atoms with E-state index in [9.17, 15) is 21.6 Å². The van der Waals surface area contributed by atoms with Gasteiger partial charge in [0.05, 0.1) is 16.8 Å². The molecule has 35 heavy (non-hydrogen) atoms. The van der Waals surface area contributed by atoms with Gasteiger partial charge >= 0.3 is 0 Å². The fraction of sp³-hybridized carbons (Fsp3) is 0.208. The van der Waals surface area contributed by atoms with Gasteiger partial charge in [0.25, 0.3) is 10.0 Å². The monoisotopic (exact) mass is 535 g/mol. The Morgan fingerprint density at radius 1 is 0.886 bits per heavy atom. The molecule has 0 atom stereocenters. The highest BCUT2D eigenvalue weighted by Gasteiger charge is 2.23. The number of halogens is 1. The van der Waals surface area contributed by atoms with Crippen molar-refractivity contribution in [1.82, 2.24) is 0 Å². The van der Waals surface area contributed by atoms with Crippen molar-refractivity contribution in [2.45, 2.75) is 25.7 Å². The van der Waals surface area contributed by atoms with Gasteiger partial charge in [-0.15, -0.1) is 0 Å². The van der Waals surface area contributed by atoms with E-state index >= 15 is 0 Å². The van der Waals surface area contributed by atoms with Gasteiger partial charge in [-0.2, -0.15) is 0 Å². The maximum atomic E-state index is 12.7. The predicted molar refractivity (Wildman–Crippen MR) is 140 cm³/mol. The molecule has 0 aliphatic rings. The summed E-state index contributed by atoms with van der Waals surface area (Å²) in [6.45, 7) is 5.02. The molecule has 0 fully saturated rings. The summed E-state index contributed by atoms with van der Waals surface area (Å²) in [5, 5.41) is 2.97. The van der Waals surface area contributed by atoms with E-state index < -0.39 is 32.5 Å². The first-order valence-electron chi connectivity index (χ1n) is 10.5. The molecule has 0 heterocycles. The Balaban J connectivity index is 1.74. The SMILES string of the molecule is Cc1ccc(NS(=O)(=O)c2ccc(NC(=O)CN(c3cccc(Cl)c3C)S(C)(=O)=O)cc2)cc1C. The van der Waals surface area contributed by atoms with Gasteiger partial charge in [0.1, 0.15) is 6.54 Å². The van der Waals surface area contributed by atoms with Crippen LogP contribution < -0.4 is 14.3 Å². The number of amides is 1. The molecule has 3 aromatic carbocycles. The average Bonchev–Trinajstić information content (AvgIpc) is 2.76. The van der Waals surface area contributed by atoms with Gasteiger partial charge in [-0.05, 0) is 86.0 Å². The van der Waals surface area contributed by atoms with Gasteiger partial charge in [0, 0.05) is 16.4 Å². The van der Waals surface area contributed by atoms with Crippen LogP contribution in [0, 0.1) is 20.8 Å². The number of aryl methyl sites for hydroxylation is 2. The quantitative estimate of drug-likeness (QED) is 0.442. The molecular formula is C24H26ClN3O5S2. The van der Waals surface area contributed by atoms with Crippen molar-refractivity contribution in [2.24, 2.45) is 0 Å². The van der Waals surface area contributed by atoms with E-state index in [4.69, 9.17) is 11.6 Å². The predicted octanol–water partition coefficient (Wildman–Crippen LogP) is 4.47. The van der Waals surface area contributed by atoms with Crippen molar-refractivity contribution >= 4 is 54.6 Å². The minimum absolute atomic E-state index is 0.0149. The Morgan fingerprint density at radius 3 is 2.11 bits per heavy atom. The Bertz CT molecular complexity index is 1470. The summed E-state index contributed by atoms with van der Waals surface area (Å²) in [6, 6.07) is 15.6. The van der Waals surface area contributed by atoms with Crippen molar-refractivity contribution in [3.63, 3.8) is 0 Å². The number of carbonyl (C=O) groups is 1. The Morgan fingerprint density at radius 2 is 1.51 bits per heavy atom. The fourth-order valence-corrected chi connectivity index (χ4v) is 5.44. The summed E-state index contributed by atoms with van der Waals surface area (Å²) < 4.78 is 53.7. The van der Waals surface area contributed by atoms with Crippen molar-refractivity contribution in [3.05, 3.63) is 82.4 Å². The smallest absolute Gasteiger partial charge is 0.261 e. The summed E-state index contributed by atoms with van der Waals surface area (Å²) in [6.07, 6.45) is 1.00. The summed E-state index contributed by atoms with van der Waals surface area (Å²) in [7, 11) is -7.61. The molecule has 0 unspecified atom stereocenters. The molecule has 186 valence electrons. The molecule has 3 rings (SSSR count). The molecule has 11 heteroatoms. The van der Waals surface area contributed by atoms with Crippen molar-refractivity contribution in [3.8, 4) is 0 Å². The van der Waals surface area contributed by atoms with Crippen molar-refractivity contribution < 1.29 is 21.6 Å². The minimum Gasteiger partial charge on any atom is -0.325 e. The Hall–Kier alpha value is -3.08. The molecular weight excluding hydrogens is 510 g/mol. The zero-order valence-corrected chi connectivity index (χ0v) is 22.1. The third-order valence-electron chi connectivity index (χ3n) is 5.40. The number of hydrogen-bond acceptors (Lipinski definition) is 5. The third-order valence-corrected chi connectivity index (χ3v) is 8.34. The van der Waals surface area contributed by atoms with Crippen LogP contribution in [0.25, 0.3) is 0 Å². The van der Waals surface area contributed by atoms with E-state index in [0.29, 0.717) is 27.6 Å². The van der Waals surface area contributed by atoms with Crippen LogP contribution in [-0.4, -0.2) is 35.5 Å². The number of benzene rings is 3. The number of anilines is 3. The largest absolute Gasteiger partial charge is 0.325 e. The number of sulfonamides is 2. The lowest BCUT2D eigenvalue weighted by atomic mass is 10.1. The van der Waals surface area contributed by atoms with Gasteiger partial charge in [0.15, 0.2) is 0 Å². The van der Waals surface area contributed by atoms with Crippen LogP contribution in [0.4, 0.5) is 17.1 Å². The van der Waals surface area contributed by atoms with Crippen LogP contribution in [0.5, 0.6) is 0 Å². The first-order chi connectivity index (χ1) is 16.3. The first kappa shape index (κ1) is 26.5. The maximum absolute atomic E-state index is 12.7. The molecule has 0 bridgehead atoms. The van der Waals surface area contributed by atoms with Crippen molar-refractivity contribution in [1.29, 1.82) is 0 Å². The lowest BCUT2D eigenvalue weighted by molar-refractivity contribution is -0.114. The highest BCUT2D eigenvalue weighted by Crippen LogP contribution is 2.28. The molecule has 0 saturated carbocycles. The second kappa shape index (κ2) is 10.3. The van der Waals surface area contributed by atoms with Crippen LogP contribution in [0.15, 0.2) is 65.6 Å². The van der Waals surface area contributed by atoms with E-state index in [2.05, 4.69) is 10.0 Å². The normalized spacial score (nSPS) is 11.7. The molecule has 0 aliphatic carbocycles. The number of rotatable bonds is 8. The maximum Gasteiger partial charge on any atom is 0.261 e. The van der Waals surface area contributed by atoms with Gasteiger partial charge in [-0.3, -0.25) is 13.8 Å². The summed E-state index contributed by atoms with van der Waals surface area (Å²) in [5.74, 6) is -0.598. The second-order valence-corrected chi connectivity index (χ2v) is 12.1.